The van der Waals surface area contributed by atoms with Crippen LogP contribution in [0.1, 0.15) is 13.8 Å². The average Bonchev–Trinajstić information content (AvgIpc) is 2.47. The van der Waals surface area contributed by atoms with Gasteiger partial charge in [0.1, 0.15) is 0 Å². The Balaban J connectivity index is 2.20. The molecule has 0 aliphatic carbocycles. The van der Waals surface area contributed by atoms with Crippen molar-refractivity contribution in [2.75, 3.05) is 6.61 Å². The highest BCUT2D eigenvalue weighted by Gasteiger charge is 2.42. The van der Waals surface area contributed by atoms with E-state index in [9.17, 15) is 4.79 Å². The predicted octanol–water partition coefficient (Wildman–Crippen LogP) is 0.337. The van der Waals surface area contributed by atoms with E-state index in [1.54, 1.807) is 6.92 Å². The molecule has 52 valence electrons. The summed E-state index contributed by atoms with van der Waals surface area (Å²) in [7, 11) is 0. The minimum atomic E-state index is -0.273. The average molecular weight is 130 g/mol. The minimum Gasteiger partial charge on any atom is -0.464 e. The highest BCUT2D eigenvalue weighted by Crippen LogP contribution is 2.21. The van der Waals surface area contributed by atoms with Crippen LogP contribution in [0.5, 0.6) is 0 Å². The van der Waals surface area contributed by atoms with E-state index < -0.39 is 0 Å². The van der Waals surface area contributed by atoms with E-state index >= 15 is 0 Å². The van der Waals surface area contributed by atoms with Crippen LogP contribution in [0, 0.1) is 0 Å². The summed E-state index contributed by atoms with van der Waals surface area (Å²) in [6.07, 6.45) is -0.200. The number of rotatable bonds is 2. The van der Waals surface area contributed by atoms with Gasteiger partial charge < -0.3 is 9.47 Å². The molecule has 0 amide bonds. The topological polar surface area (TPSA) is 38.8 Å². The maximum atomic E-state index is 10.7. The number of epoxide rings is 1. The van der Waals surface area contributed by atoms with E-state index in [0.717, 1.165) is 0 Å². The van der Waals surface area contributed by atoms with Crippen molar-refractivity contribution in [2.24, 2.45) is 0 Å². The van der Waals surface area contributed by atoms with Crippen molar-refractivity contribution >= 4 is 5.97 Å². The first-order valence-electron chi connectivity index (χ1n) is 3.07. The molecule has 1 fully saturated rings. The largest absolute Gasteiger partial charge is 0.464 e. The van der Waals surface area contributed by atoms with Crippen LogP contribution in [0.3, 0.4) is 0 Å². The van der Waals surface area contributed by atoms with Gasteiger partial charge in [-0.15, -0.1) is 0 Å². The van der Waals surface area contributed by atoms with Crippen molar-refractivity contribution < 1.29 is 14.3 Å². The molecule has 0 N–H and O–H groups in total. The fourth-order valence-electron chi connectivity index (χ4n) is 0.657. The molecule has 0 radical (unpaired) electrons. The molecule has 9 heavy (non-hydrogen) atoms. The molecule has 1 aliphatic rings. The first-order chi connectivity index (χ1) is 4.25. The van der Waals surface area contributed by atoms with Crippen LogP contribution in [0.2, 0.25) is 0 Å². The summed E-state index contributed by atoms with van der Waals surface area (Å²) in [6.45, 7) is 4.07. The molecule has 1 heterocycles. The Kier molecular flexibility index (Phi) is 1.71. The van der Waals surface area contributed by atoms with Gasteiger partial charge in [0, 0.05) is 0 Å². The SMILES string of the molecule is CCOC(=O)[C@@H]1O[C@@H]1C. The molecule has 1 saturated heterocycles. The van der Waals surface area contributed by atoms with E-state index in [0.29, 0.717) is 6.61 Å². The van der Waals surface area contributed by atoms with Gasteiger partial charge >= 0.3 is 5.97 Å². The lowest BCUT2D eigenvalue weighted by Gasteiger charge is -1.94. The summed E-state index contributed by atoms with van der Waals surface area (Å²) in [5.74, 6) is -0.231. The monoisotopic (exact) mass is 130 g/mol. The van der Waals surface area contributed by atoms with Crippen molar-refractivity contribution in [3.05, 3.63) is 0 Å². The summed E-state index contributed by atoms with van der Waals surface area (Å²) in [4.78, 5) is 10.7. The van der Waals surface area contributed by atoms with E-state index in [-0.39, 0.29) is 18.2 Å². The van der Waals surface area contributed by atoms with Crippen LogP contribution in [0.4, 0.5) is 0 Å². The Morgan fingerprint density at radius 1 is 1.78 bits per heavy atom. The van der Waals surface area contributed by atoms with Gasteiger partial charge in [-0.25, -0.2) is 4.79 Å². The van der Waals surface area contributed by atoms with Gasteiger partial charge in [0.2, 0.25) is 0 Å². The van der Waals surface area contributed by atoms with Gasteiger partial charge in [-0.1, -0.05) is 0 Å². The molecule has 2 atom stereocenters. The molecular formula is C6H10O3. The Bertz CT molecular complexity index is 121. The molecule has 3 heteroatoms. The van der Waals surface area contributed by atoms with E-state index in [2.05, 4.69) is 4.74 Å². The molecule has 0 aromatic rings. The van der Waals surface area contributed by atoms with Crippen molar-refractivity contribution in [1.82, 2.24) is 0 Å². The Hall–Kier alpha value is -0.570. The Morgan fingerprint density at radius 3 is 2.67 bits per heavy atom. The second-order valence-electron chi connectivity index (χ2n) is 2.01. The third-order valence-corrected chi connectivity index (χ3v) is 1.23. The van der Waals surface area contributed by atoms with Crippen molar-refractivity contribution in [1.29, 1.82) is 0 Å². The van der Waals surface area contributed by atoms with Gasteiger partial charge in [-0.05, 0) is 13.8 Å². The zero-order valence-corrected chi connectivity index (χ0v) is 5.59. The van der Waals surface area contributed by atoms with E-state index in [1.165, 1.54) is 0 Å². The first-order valence-corrected chi connectivity index (χ1v) is 3.07. The van der Waals surface area contributed by atoms with Crippen LogP contribution in [0.25, 0.3) is 0 Å². The second kappa shape index (κ2) is 2.35. The quantitative estimate of drug-likeness (QED) is 0.399. The molecular weight excluding hydrogens is 120 g/mol. The van der Waals surface area contributed by atoms with Crippen molar-refractivity contribution in [3.8, 4) is 0 Å². The van der Waals surface area contributed by atoms with Gasteiger partial charge in [0.15, 0.2) is 6.10 Å². The lowest BCUT2D eigenvalue weighted by atomic mass is 10.3. The molecule has 0 aromatic carbocycles. The van der Waals surface area contributed by atoms with Crippen LogP contribution >= 0.6 is 0 Å². The summed E-state index contributed by atoms with van der Waals surface area (Å²) in [5.41, 5.74) is 0. The standard InChI is InChI=1S/C6H10O3/c1-3-8-6(7)5-4(2)9-5/h4-5H,3H2,1-2H3/t4-,5-/m1/s1. The number of hydrogen-bond donors (Lipinski definition) is 0. The zero-order valence-electron chi connectivity index (χ0n) is 5.59. The molecule has 0 unspecified atom stereocenters. The molecule has 0 saturated carbocycles. The van der Waals surface area contributed by atoms with Gasteiger partial charge in [0.05, 0.1) is 12.7 Å². The zero-order chi connectivity index (χ0) is 6.85. The summed E-state index contributed by atoms with van der Waals surface area (Å²) in [5, 5.41) is 0. The Morgan fingerprint density at radius 2 is 2.33 bits per heavy atom. The maximum Gasteiger partial charge on any atom is 0.337 e. The fourth-order valence-corrected chi connectivity index (χ4v) is 0.657. The lowest BCUT2D eigenvalue weighted by Crippen LogP contribution is -2.12. The molecule has 3 nitrogen and oxygen atoms in total. The van der Waals surface area contributed by atoms with Crippen molar-refractivity contribution in [3.63, 3.8) is 0 Å². The molecule has 0 bridgehead atoms. The minimum absolute atomic E-state index is 0.0732. The normalized spacial score (nSPS) is 31.8. The lowest BCUT2D eigenvalue weighted by molar-refractivity contribution is -0.144. The maximum absolute atomic E-state index is 10.7. The van der Waals surface area contributed by atoms with Crippen LogP contribution in [0.15, 0.2) is 0 Å². The van der Waals surface area contributed by atoms with Crippen molar-refractivity contribution in [2.45, 2.75) is 26.1 Å². The highest BCUT2D eigenvalue weighted by atomic mass is 16.6. The van der Waals surface area contributed by atoms with E-state index in [1.807, 2.05) is 6.92 Å². The number of carbonyl (C=O) groups is 1. The second-order valence-corrected chi connectivity index (χ2v) is 2.01. The molecule has 0 aromatic heterocycles. The summed E-state index contributed by atoms with van der Waals surface area (Å²) >= 11 is 0. The third kappa shape index (κ3) is 1.42. The summed E-state index contributed by atoms with van der Waals surface area (Å²) < 4.78 is 9.53. The third-order valence-electron chi connectivity index (χ3n) is 1.23. The van der Waals surface area contributed by atoms with E-state index in [4.69, 9.17) is 4.74 Å². The first kappa shape index (κ1) is 6.55. The Labute approximate surface area is 53.9 Å². The highest BCUT2D eigenvalue weighted by molar-refractivity contribution is 5.77. The van der Waals surface area contributed by atoms with Crippen LogP contribution < -0.4 is 0 Å². The van der Waals surface area contributed by atoms with Gasteiger partial charge in [0.25, 0.3) is 0 Å². The smallest absolute Gasteiger partial charge is 0.337 e. The predicted molar refractivity (Wildman–Crippen MR) is 31.0 cm³/mol. The fraction of sp³-hybridized carbons (Fsp3) is 0.833. The van der Waals surface area contributed by atoms with Crippen LogP contribution in [-0.2, 0) is 14.3 Å². The molecule has 1 aliphatic heterocycles. The molecule has 0 spiro atoms. The summed E-state index contributed by atoms with van der Waals surface area (Å²) in [6, 6.07) is 0. The number of hydrogen-bond acceptors (Lipinski definition) is 3. The van der Waals surface area contributed by atoms with Gasteiger partial charge in [-0.2, -0.15) is 0 Å². The molecule has 1 rings (SSSR count). The van der Waals surface area contributed by atoms with Crippen LogP contribution in [-0.4, -0.2) is 24.8 Å². The van der Waals surface area contributed by atoms with Gasteiger partial charge in [-0.3, -0.25) is 0 Å². The number of esters is 1. The number of carbonyl (C=O) groups excluding carboxylic acids is 1. The number of ether oxygens (including phenoxy) is 2.